The fourth-order valence-corrected chi connectivity index (χ4v) is 8.05. The van der Waals surface area contributed by atoms with Gasteiger partial charge in [0, 0.05) is 52.4 Å². The van der Waals surface area contributed by atoms with E-state index < -0.39 is 11.6 Å². The average Bonchev–Trinajstić information content (AvgIpc) is 3.66. The molecule has 2 unspecified atom stereocenters. The molecule has 4 aromatic rings. The van der Waals surface area contributed by atoms with Gasteiger partial charge in [0.1, 0.15) is 34.8 Å². The highest BCUT2D eigenvalue weighted by molar-refractivity contribution is 7.23. The lowest BCUT2D eigenvalue weighted by atomic mass is 9.90. The van der Waals surface area contributed by atoms with Crippen LogP contribution in [0.15, 0.2) is 12.1 Å². The second-order valence-corrected chi connectivity index (χ2v) is 12.7. The first-order valence-corrected chi connectivity index (χ1v) is 15.1. The van der Waals surface area contributed by atoms with E-state index in [0.29, 0.717) is 33.5 Å². The Labute approximate surface area is 244 Å². The monoisotopic (exact) mass is 589 g/mol. The van der Waals surface area contributed by atoms with Gasteiger partial charge in [-0.05, 0) is 56.1 Å². The maximum Gasteiger partial charge on any atom is 0.319 e. The number of halogens is 2. The van der Waals surface area contributed by atoms with Crippen molar-refractivity contribution >= 4 is 43.1 Å². The molecule has 0 spiro atoms. The summed E-state index contributed by atoms with van der Waals surface area (Å²) in [6.45, 7) is 3.35. The number of hydrogen-bond donors (Lipinski definition) is 2. The zero-order chi connectivity index (χ0) is 28.7. The summed E-state index contributed by atoms with van der Waals surface area (Å²) >= 11 is 1.18. The van der Waals surface area contributed by atoms with E-state index in [-0.39, 0.29) is 64.6 Å². The summed E-state index contributed by atoms with van der Waals surface area (Å²) < 4.78 is 45.6. The molecule has 3 saturated heterocycles. The number of benzene rings is 2. The van der Waals surface area contributed by atoms with Gasteiger partial charge in [-0.1, -0.05) is 0 Å². The van der Waals surface area contributed by atoms with Crippen molar-refractivity contribution in [2.24, 2.45) is 0 Å². The highest BCUT2D eigenvalue weighted by Crippen LogP contribution is 2.48. The van der Waals surface area contributed by atoms with Gasteiger partial charge in [0.25, 0.3) is 0 Å². The molecule has 0 amide bonds. The minimum Gasteiger partial charge on any atom is -0.462 e. The van der Waals surface area contributed by atoms with Crippen molar-refractivity contribution in [1.29, 1.82) is 5.26 Å². The van der Waals surface area contributed by atoms with Crippen LogP contribution in [0.1, 0.15) is 36.0 Å². The lowest BCUT2D eigenvalue weighted by molar-refractivity contribution is 0.0732. The molecule has 3 atom stereocenters. The summed E-state index contributed by atoms with van der Waals surface area (Å²) in [5.74, 6) is -0.663. The quantitative estimate of drug-likeness (QED) is 0.352. The Hall–Kier alpha value is -3.63. The van der Waals surface area contributed by atoms with E-state index in [0.717, 1.165) is 44.5 Å². The van der Waals surface area contributed by atoms with Crippen LogP contribution < -0.4 is 20.7 Å². The number of anilines is 2. The molecular formula is C30H29F2N7O2S. The topological polar surface area (TPSA) is 113 Å². The predicted molar refractivity (Wildman–Crippen MR) is 157 cm³/mol. The van der Waals surface area contributed by atoms with Crippen LogP contribution in [0.3, 0.4) is 0 Å². The molecule has 6 heterocycles. The number of nitrogen functional groups attached to an aromatic ring is 1. The van der Waals surface area contributed by atoms with Crippen molar-refractivity contribution in [3.05, 3.63) is 40.5 Å². The minimum absolute atomic E-state index is 0.0131. The van der Waals surface area contributed by atoms with Crippen LogP contribution in [-0.4, -0.2) is 66.3 Å². The number of thiophene rings is 1. The first-order chi connectivity index (χ1) is 20.4. The third kappa shape index (κ3) is 3.74. The third-order valence-corrected chi connectivity index (χ3v) is 10.4. The SMILES string of the molecule is CN1CC[C@H]1COc1nc(N2C3CCC2CNC3)c2c3c(c(-c4c(F)ccc5sc(N)c(C#N)c45)c(F)c2n1)COC3. The number of ether oxygens (including phenoxy) is 2. The van der Waals surface area contributed by atoms with Crippen molar-refractivity contribution < 1.29 is 18.3 Å². The number of aromatic nitrogens is 2. The summed E-state index contributed by atoms with van der Waals surface area (Å²) in [5.41, 5.74) is 7.74. The first-order valence-electron chi connectivity index (χ1n) is 14.3. The second-order valence-electron chi connectivity index (χ2n) is 11.6. The van der Waals surface area contributed by atoms with E-state index in [2.05, 4.69) is 26.2 Å². The van der Waals surface area contributed by atoms with Crippen molar-refractivity contribution in [1.82, 2.24) is 20.2 Å². The van der Waals surface area contributed by atoms with Crippen LogP contribution in [-0.2, 0) is 18.0 Å². The van der Waals surface area contributed by atoms with Gasteiger partial charge in [0.15, 0.2) is 5.82 Å². The zero-order valence-electron chi connectivity index (χ0n) is 23.0. The smallest absolute Gasteiger partial charge is 0.319 e. The Kier molecular flexibility index (Phi) is 6.01. The molecule has 216 valence electrons. The zero-order valence-corrected chi connectivity index (χ0v) is 23.9. The van der Waals surface area contributed by atoms with Gasteiger partial charge in [0.05, 0.1) is 24.2 Å². The van der Waals surface area contributed by atoms with Crippen LogP contribution in [0.4, 0.5) is 19.6 Å². The number of rotatable bonds is 5. The standard InChI is InChI=1S/C30H29F2N7O2S/c1-38-7-6-16(38)11-41-30-36-27-24(29(37-30)39-14-2-3-15(39)10-35-9-14)19-13-40-12-18(19)23(26(27)32)25-20(31)4-5-21-22(25)17(8-33)28(34)42-21/h4-5,14-16,35H,2-3,6-7,9-13,34H2,1H3/t14?,15?,16-/m0/s1. The molecule has 0 radical (unpaired) electrons. The van der Waals surface area contributed by atoms with E-state index in [4.69, 9.17) is 20.2 Å². The molecule has 2 bridgehead atoms. The van der Waals surface area contributed by atoms with Crippen molar-refractivity contribution in [3.8, 4) is 23.2 Å². The number of nitriles is 1. The maximum absolute atomic E-state index is 17.1. The van der Waals surface area contributed by atoms with Crippen LogP contribution in [0.5, 0.6) is 6.01 Å². The van der Waals surface area contributed by atoms with Gasteiger partial charge in [-0.25, -0.2) is 8.78 Å². The second kappa shape index (κ2) is 9.70. The van der Waals surface area contributed by atoms with Gasteiger partial charge in [-0.3, -0.25) is 4.90 Å². The largest absolute Gasteiger partial charge is 0.462 e. The third-order valence-electron chi connectivity index (χ3n) is 9.42. The summed E-state index contributed by atoms with van der Waals surface area (Å²) in [4.78, 5) is 14.1. The number of likely N-dealkylation sites (N-methyl/N-ethyl adjacent to an activating group) is 1. The Balaban J connectivity index is 1.40. The van der Waals surface area contributed by atoms with E-state index in [1.807, 2.05) is 7.05 Å². The molecule has 2 aromatic carbocycles. The summed E-state index contributed by atoms with van der Waals surface area (Å²) in [6, 6.07) is 5.76. The number of nitrogens with two attached hydrogens (primary N) is 1. The minimum atomic E-state index is -0.675. The van der Waals surface area contributed by atoms with Gasteiger partial charge in [-0.15, -0.1) is 11.3 Å². The van der Waals surface area contributed by atoms with Gasteiger partial charge >= 0.3 is 6.01 Å². The average molecular weight is 590 g/mol. The van der Waals surface area contributed by atoms with Crippen molar-refractivity contribution in [2.75, 3.05) is 43.9 Å². The molecule has 9 nitrogen and oxygen atoms in total. The number of fused-ring (bicyclic) bond motifs is 6. The Morgan fingerprint density at radius 1 is 1.12 bits per heavy atom. The number of likely N-dealkylation sites (tertiary alicyclic amines) is 1. The highest BCUT2D eigenvalue weighted by Gasteiger charge is 2.41. The summed E-state index contributed by atoms with van der Waals surface area (Å²) in [6.07, 6.45) is 3.03. The van der Waals surface area contributed by atoms with Gasteiger partial charge in [-0.2, -0.15) is 15.2 Å². The van der Waals surface area contributed by atoms with E-state index in [1.54, 1.807) is 6.07 Å². The molecule has 4 aliphatic rings. The van der Waals surface area contributed by atoms with E-state index >= 15 is 8.78 Å². The van der Waals surface area contributed by atoms with Crippen LogP contribution in [0.25, 0.3) is 32.1 Å². The van der Waals surface area contributed by atoms with E-state index in [1.165, 1.54) is 17.4 Å². The van der Waals surface area contributed by atoms with Gasteiger partial charge < -0.3 is 25.4 Å². The molecule has 2 aromatic heterocycles. The molecule has 42 heavy (non-hydrogen) atoms. The van der Waals surface area contributed by atoms with Gasteiger partial charge in [0.2, 0.25) is 0 Å². The Morgan fingerprint density at radius 2 is 1.90 bits per heavy atom. The van der Waals surface area contributed by atoms with Crippen molar-refractivity contribution in [2.45, 2.75) is 50.6 Å². The lowest BCUT2D eigenvalue weighted by Crippen LogP contribution is -2.52. The van der Waals surface area contributed by atoms with E-state index in [9.17, 15) is 5.26 Å². The molecule has 0 aliphatic carbocycles. The summed E-state index contributed by atoms with van der Waals surface area (Å²) in [7, 11) is 2.04. The fraction of sp³-hybridized carbons (Fsp3) is 0.433. The summed E-state index contributed by atoms with van der Waals surface area (Å²) in [5, 5.41) is 14.6. The molecular weight excluding hydrogens is 560 g/mol. The fourth-order valence-electron chi connectivity index (χ4n) is 7.12. The molecule has 4 aliphatic heterocycles. The predicted octanol–water partition coefficient (Wildman–Crippen LogP) is 4.30. The molecule has 8 rings (SSSR count). The highest BCUT2D eigenvalue weighted by atomic mass is 32.1. The number of nitrogens with one attached hydrogen (secondary N) is 1. The Bertz CT molecular complexity index is 1810. The van der Waals surface area contributed by atoms with Crippen LogP contribution in [0.2, 0.25) is 0 Å². The van der Waals surface area contributed by atoms with Crippen LogP contribution in [0, 0.1) is 23.0 Å². The number of hydrogen-bond acceptors (Lipinski definition) is 10. The molecule has 0 saturated carbocycles. The molecule has 3 fully saturated rings. The lowest BCUT2D eigenvalue weighted by Gasteiger charge is -2.38. The Morgan fingerprint density at radius 3 is 2.62 bits per heavy atom. The van der Waals surface area contributed by atoms with Crippen molar-refractivity contribution in [3.63, 3.8) is 0 Å². The number of nitrogens with zero attached hydrogens (tertiary/aromatic N) is 5. The first kappa shape index (κ1) is 26.0. The maximum atomic E-state index is 17.1. The molecule has 3 N–H and O–H groups in total. The number of piperazine rings is 1. The molecule has 12 heteroatoms. The van der Waals surface area contributed by atoms with Crippen LogP contribution >= 0.6 is 11.3 Å². The normalized spacial score (nSPS) is 23.4.